The molecule has 0 radical (unpaired) electrons. The molecule has 0 unspecified atom stereocenters. The number of amides is 5. The molecule has 292 valence electrons. The highest BCUT2D eigenvalue weighted by atomic mass is 19.4. The number of nitrogens with one attached hydrogen (secondary N) is 3. The number of aliphatic hydroxyl groups is 1. The van der Waals surface area contributed by atoms with Crippen molar-refractivity contribution in [2.24, 2.45) is 5.92 Å². The van der Waals surface area contributed by atoms with Gasteiger partial charge in [0, 0.05) is 55.8 Å². The first-order chi connectivity index (χ1) is 25.7. The molecule has 5 rings (SSSR count). The number of hydrogen-bond acceptors (Lipinski definition) is 8. The van der Waals surface area contributed by atoms with Crippen molar-refractivity contribution in [2.45, 2.75) is 64.5 Å². The van der Waals surface area contributed by atoms with E-state index in [0.29, 0.717) is 48.1 Å². The smallest absolute Gasteiger partial charge is 0.416 e. The number of likely N-dealkylation sites (N-methyl/N-ethyl adjacent to an activating group) is 1. The van der Waals surface area contributed by atoms with Crippen LogP contribution in [-0.2, 0) is 10.9 Å². The van der Waals surface area contributed by atoms with E-state index in [4.69, 9.17) is 18.9 Å². The summed E-state index contributed by atoms with van der Waals surface area (Å²) < 4.78 is 62.3. The fraction of sp³-hybridized carbons (Fsp3) is 0.447. The number of rotatable bonds is 7. The predicted octanol–water partition coefficient (Wildman–Crippen LogP) is 7.04. The number of anilines is 3. The van der Waals surface area contributed by atoms with E-state index >= 15 is 0 Å². The third-order valence-corrected chi connectivity index (χ3v) is 9.20. The third-order valence-electron chi connectivity index (χ3n) is 9.20. The van der Waals surface area contributed by atoms with Gasteiger partial charge in [0.2, 0.25) is 6.79 Å². The minimum atomic E-state index is -4.50. The number of alkyl halides is 3. The minimum Gasteiger partial charge on any atom is -0.490 e. The van der Waals surface area contributed by atoms with Crippen LogP contribution < -0.4 is 30.2 Å². The van der Waals surface area contributed by atoms with Gasteiger partial charge in [-0.1, -0.05) is 6.92 Å². The van der Waals surface area contributed by atoms with Crippen LogP contribution in [0.3, 0.4) is 0 Å². The molecule has 4 atom stereocenters. The van der Waals surface area contributed by atoms with E-state index in [1.807, 2.05) is 13.8 Å². The average Bonchev–Trinajstić information content (AvgIpc) is 3.60. The first kappa shape index (κ1) is 40.0. The zero-order valence-corrected chi connectivity index (χ0v) is 30.6. The fourth-order valence-corrected chi connectivity index (χ4v) is 6.04. The second-order valence-corrected chi connectivity index (χ2v) is 13.5. The van der Waals surface area contributed by atoms with Crippen LogP contribution in [0.15, 0.2) is 60.7 Å². The number of aliphatic hydroxyl groups excluding tert-OH is 1. The number of hydrogen-bond donors (Lipinski definition) is 4. The van der Waals surface area contributed by atoms with E-state index < -0.39 is 41.9 Å². The molecular weight excluding hydrogens is 711 g/mol. The Hall–Kier alpha value is -5.22. The lowest BCUT2D eigenvalue weighted by molar-refractivity contribution is -0.137. The lowest BCUT2D eigenvalue weighted by atomic mass is 10.0. The van der Waals surface area contributed by atoms with E-state index in [1.165, 1.54) is 28.0 Å². The van der Waals surface area contributed by atoms with Crippen LogP contribution in [0.4, 0.5) is 39.8 Å². The summed E-state index contributed by atoms with van der Waals surface area (Å²) in [7, 11) is 1.55. The standard InChI is InChI=1S/C38H46F3N5O8/c1-23-19-46(24(2)21-47)35(48)30-17-28(42-36(49)43-29-13-15-32-33(18-29)53-22-52-32)12-14-31(30)54-25(3)7-5-6-16-51-34(23)20-45(4)37(50)44-27-10-8-26(9-11-27)38(39,40)41/h8-15,17-18,23-25,34,47H,5-7,16,19-22H2,1-4H3,(H,44,50)(H2,42,43,49)/t23-,24+,25-,34-/m1/s1. The zero-order valence-electron chi connectivity index (χ0n) is 30.6. The van der Waals surface area contributed by atoms with Gasteiger partial charge >= 0.3 is 18.2 Å². The number of benzene rings is 3. The van der Waals surface area contributed by atoms with Gasteiger partial charge in [-0.15, -0.1) is 0 Å². The maximum Gasteiger partial charge on any atom is 0.416 e. The summed E-state index contributed by atoms with van der Waals surface area (Å²) in [5, 5.41) is 18.4. The lowest BCUT2D eigenvalue weighted by Crippen LogP contribution is -2.48. The van der Waals surface area contributed by atoms with Gasteiger partial charge in [-0.3, -0.25) is 4.79 Å². The van der Waals surface area contributed by atoms with Gasteiger partial charge in [0.25, 0.3) is 5.91 Å². The van der Waals surface area contributed by atoms with E-state index in [0.717, 1.165) is 18.6 Å². The molecule has 54 heavy (non-hydrogen) atoms. The van der Waals surface area contributed by atoms with Crippen molar-refractivity contribution in [3.8, 4) is 17.2 Å². The van der Waals surface area contributed by atoms with Gasteiger partial charge in [-0.25, -0.2) is 9.59 Å². The van der Waals surface area contributed by atoms with E-state index in [2.05, 4.69) is 16.0 Å². The largest absolute Gasteiger partial charge is 0.490 e. The van der Waals surface area contributed by atoms with Gasteiger partial charge in [0.05, 0.1) is 36.0 Å². The van der Waals surface area contributed by atoms with Crippen LogP contribution in [0.2, 0.25) is 0 Å². The highest BCUT2D eigenvalue weighted by molar-refractivity contribution is 6.02. The number of carbonyl (C=O) groups is 3. The first-order valence-electron chi connectivity index (χ1n) is 17.7. The second-order valence-electron chi connectivity index (χ2n) is 13.5. The van der Waals surface area contributed by atoms with Gasteiger partial charge in [0.1, 0.15) is 5.75 Å². The molecule has 0 fully saturated rings. The summed E-state index contributed by atoms with van der Waals surface area (Å²) in [5.74, 6) is 0.590. The van der Waals surface area contributed by atoms with Crippen LogP contribution in [0.5, 0.6) is 17.2 Å². The molecule has 0 spiro atoms. The maximum atomic E-state index is 14.4. The Morgan fingerprint density at radius 2 is 1.57 bits per heavy atom. The molecule has 5 amide bonds. The second kappa shape index (κ2) is 17.7. The molecule has 2 heterocycles. The average molecular weight is 758 g/mol. The van der Waals surface area contributed by atoms with Gasteiger partial charge in [-0.2, -0.15) is 13.2 Å². The van der Waals surface area contributed by atoms with E-state index in [9.17, 15) is 32.7 Å². The zero-order chi connectivity index (χ0) is 39.0. The molecule has 13 nitrogen and oxygen atoms in total. The van der Waals surface area contributed by atoms with Gasteiger partial charge < -0.3 is 49.8 Å². The van der Waals surface area contributed by atoms with Gasteiger partial charge in [-0.05, 0) is 87.7 Å². The molecule has 2 aliphatic heterocycles. The number of ether oxygens (including phenoxy) is 4. The summed E-state index contributed by atoms with van der Waals surface area (Å²) in [6, 6.07) is 12.2. The van der Waals surface area contributed by atoms with Crippen molar-refractivity contribution < 1.29 is 51.6 Å². The van der Waals surface area contributed by atoms with Gasteiger partial charge in [0.15, 0.2) is 11.5 Å². The van der Waals surface area contributed by atoms with Crippen molar-refractivity contribution in [2.75, 3.05) is 56.1 Å². The molecular formula is C38H46F3N5O8. The normalized spacial score (nSPS) is 19.8. The lowest BCUT2D eigenvalue weighted by Gasteiger charge is -2.35. The summed E-state index contributed by atoms with van der Waals surface area (Å²) in [4.78, 5) is 43.4. The van der Waals surface area contributed by atoms with E-state index in [-0.39, 0.29) is 49.8 Å². The topological polar surface area (TPSA) is 151 Å². The fourth-order valence-electron chi connectivity index (χ4n) is 6.04. The van der Waals surface area contributed by atoms with Crippen molar-refractivity contribution in [3.05, 3.63) is 71.8 Å². The Balaban J connectivity index is 1.33. The molecule has 3 aromatic rings. The Morgan fingerprint density at radius 3 is 2.26 bits per heavy atom. The molecule has 4 N–H and O–H groups in total. The Labute approximate surface area is 311 Å². The molecule has 2 aliphatic rings. The molecule has 0 aliphatic carbocycles. The van der Waals surface area contributed by atoms with Crippen molar-refractivity contribution >= 4 is 35.0 Å². The Bertz CT molecular complexity index is 1780. The highest BCUT2D eigenvalue weighted by Gasteiger charge is 2.32. The van der Waals surface area contributed by atoms with Crippen LogP contribution in [0, 0.1) is 5.92 Å². The van der Waals surface area contributed by atoms with E-state index in [1.54, 1.807) is 44.3 Å². The SMILES string of the molecule is C[C@@H]1CCCCO[C@H](CN(C)C(=O)Nc2ccc(C(F)(F)F)cc2)[C@H](C)CN([C@@H](C)CO)C(=O)c2cc(NC(=O)Nc3ccc4c(c3)OCO4)ccc2O1. The number of carbonyl (C=O) groups excluding carboxylic acids is 3. The molecule has 16 heteroatoms. The summed E-state index contributed by atoms with van der Waals surface area (Å²) in [6.45, 7) is 5.83. The highest BCUT2D eigenvalue weighted by Crippen LogP contribution is 2.35. The summed E-state index contributed by atoms with van der Waals surface area (Å²) in [6.07, 6.45) is -3.23. The number of fused-ring (bicyclic) bond motifs is 2. The van der Waals surface area contributed by atoms with Crippen LogP contribution in [-0.4, -0.2) is 91.3 Å². The molecule has 0 bridgehead atoms. The quantitative estimate of drug-likeness (QED) is 0.201. The number of halogens is 3. The monoisotopic (exact) mass is 757 g/mol. The Morgan fingerprint density at radius 1 is 0.926 bits per heavy atom. The van der Waals surface area contributed by atoms with Crippen LogP contribution in [0.25, 0.3) is 0 Å². The third kappa shape index (κ3) is 10.5. The predicted molar refractivity (Wildman–Crippen MR) is 195 cm³/mol. The molecule has 0 saturated heterocycles. The van der Waals surface area contributed by atoms with Crippen LogP contribution in [0.1, 0.15) is 56.0 Å². The van der Waals surface area contributed by atoms with Crippen molar-refractivity contribution in [3.63, 3.8) is 0 Å². The number of urea groups is 2. The van der Waals surface area contributed by atoms with Crippen molar-refractivity contribution in [1.82, 2.24) is 9.80 Å². The van der Waals surface area contributed by atoms with Crippen molar-refractivity contribution in [1.29, 1.82) is 0 Å². The summed E-state index contributed by atoms with van der Waals surface area (Å²) >= 11 is 0. The number of nitrogens with zero attached hydrogens (tertiary/aromatic N) is 2. The molecule has 3 aromatic carbocycles. The first-order valence-corrected chi connectivity index (χ1v) is 17.7. The minimum absolute atomic E-state index is 0.0933. The Kier molecular flexibility index (Phi) is 13.1. The van der Waals surface area contributed by atoms with Crippen LogP contribution >= 0.6 is 0 Å². The summed E-state index contributed by atoms with van der Waals surface area (Å²) in [5.41, 5.74) is 0.343. The molecule has 0 saturated carbocycles. The maximum absolute atomic E-state index is 14.4. The molecule has 0 aromatic heterocycles.